The van der Waals surface area contributed by atoms with Crippen LogP contribution in [0.5, 0.6) is 5.75 Å². The van der Waals surface area contributed by atoms with Crippen molar-refractivity contribution in [2.24, 2.45) is 0 Å². The van der Waals surface area contributed by atoms with E-state index in [1.165, 1.54) is 5.56 Å². The number of fused-ring (bicyclic) bond motifs is 2. The highest BCUT2D eigenvalue weighted by Crippen LogP contribution is 2.58. The van der Waals surface area contributed by atoms with E-state index < -0.39 is 11.1 Å². The highest BCUT2D eigenvalue weighted by Gasteiger charge is 2.59. The molecule has 0 aromatic heterocycles. The van der Waals surface area contributed by atoms with E-state index in [1.807, 2.05) is 36.4 Å². The third-order valence-electron chi connectivity index (χ3n) is 6.56. The Balaban J connectivity index is 1.76. The molecule has 0 saturated carbocycles. The van der Waals surface area contributed by atoms with Gasteiger partial charge in [-0.05, 0) is 56.2 Å². The summed E-state index contributed by atoms with van der Waals surface area (Å²) in [5, 5.41) is 11.5. The van der Waals surface area contributed by atoms with Crippen LogP contribution in [0.4, 0.5) is 17.1 Å². The van der Waals surface area contributed by atoms with Crippen LogP contribution in [0.2, 0.25) is 0 Å². The summed E-state index contributed by atoms with van der Waals surface area (Å²) in [6.45, 7) is 8.20. The molecule has 2 aliphatic heterocycles. The predicted octanol–water partition coefficient (Wildman–Crippen LogP) is 6.55. The summed E-state index contributed by atoms with van der Waals surface area (Å²) in [6.07, 6.45) is 6.23. The number of nitro groups is 1. The van der Waals surface area contributed by atoms with Crippen LogP contribution in [0.25, 0.3) is 6.08 Å². The van der Waals surface area contributed by atoms with Crippen molar-refractivity contribution < 1.29 is 9.66 Å². The lowest BCUT2D eigenvalue weighted by Gasteiger charge is -2.47. The van der Waals surface area contributed by atoms with Gasteiger partial charge < -0.3 is 4.74 Å². The number of nitrogens with zero attached hydrogens (tertiary/aromatic N) is 2. The van der Waals surface area contributed by atoms with Crippen LogP contribution in [0.3, 0.4) is 0 Å². The second kappa shape index (κ2) is 7.09. The van der Waals surface area contributed by atoms with Gasteiger partial charge in [0.05, 0.1) is 10.3 Å². The largest absolute Gasteiger partial charge is 0.462 e. The molecular weight excluding hydrogens is 400 g/mol. The maximum Gasteiger partial charge on any atom is 0.270 e. The number of nitro benzene ring substituents is 1. The monoisotopic (exact) mass is 424 g/mol. The van der Waals surface area contributed by atoms with Crippen molar-refractivity contribution in [3.63, 3.8) is 0 Å². The molecule has 0 fully saturated rings. The van der Waals surface area contributed by atoms with Gasteiger partial charge in [-0.15, -0.1) is 6.58 Å². The Hall–Kier alpha value is -3.86. The van der Waals surface area contributed by atoms with Crippen LogP contribution in [0.15, 0.2) is 85.5 Å². The zero-order valence-corrected chi connectivity index (χ0v) is 18.1. The minimum absolute atomic E-state index is 0.0543. The number of ether oxygens (including phenoxy) is 1. The van der Waals surface area contributed by atoms with Gasteiger partial charge in [-0.1, -0.05) is 42.5 Å². The Labute approximate surface area is 187 Å². The smallest absolute Gasteiger partial charge is 0.270 e. The summed E-state index contributed by atoms with van der Waals surface area (Å²) in [4.78, 5) is 13.4. The maximum atomic E-state index is 11.5. The van der Waals surface area contributed by atoms with E-state index in [0.29, 0.717) is 17.7 Å². The first-order valence-corrected chi connectivity index (χ1v) is 10.6. The average molecular weight is 425 g/mol. The molecule has 0 radical (unpaired) electrons. The second-order valence-corrected chi connectivity index (χ2v) is 8.72. The Kier molecular flexibility index (Phi) is 4.45. The Morgan fingerprint density at radius 3 is 2.53 bits per heavy atom. The van der Waals surface area contributed by atoms with Gasteiger partial charge in [0, 0.05) is 34.6 Å². The van der Waals surface area contributed by atoms with Gasteiger partial charge in [-0.3, -0.25) is 15.0 Å². The van der Waals surface area contributed by atoms with Crippen molar-refractivity contribution in [3.8, 4) is 5.75 Å². The third-order valence-corrected chi connectivity index (χ3v) is 6.56. The summed E-state index contributed by atoms with van der Waals surface area (Å²) in [5.74, 6) is 0.666. The van der Waals surface area contributed by atoms with E-state index in [-0.39, 0.29) is 10.6 Å². The van der Waals surface area contributed by atoms with Gasteiger partial charge in [0.15, 0.2) is 0 Å². The molecule has 2 heterocycles. The zero-order valence-electron chi connectivity index (χ0n) is 18.1. The van der Waals surface area contributed by atoms with Crippen molar-refractivity contribution >= 4 is 23.1 Å². The van der Waals surface area contributed by atoms with E-state index in [2.05, 4.69) is 55.7 Å². The number of hydrogen-bond donors (Lipinski definition) is 0. The lowest BCUT2D eigenvalue weighted by Crippen LogP contribution is -2.58. The van der Waals surface area contributed by atoms with Gasteiger partial charge in [-0.25, -0.2) is 0 Å². The Morgan fingerprint density at radius 2 is 1.81 bits per heavy atom. The highest BCUT2D eigenvalue weighted by molar-refractivity contribution is 5.80. The number of allylic oxidation sites excluding steroid dienone is 1. The molecule has 5 rings (SSSR count). The molecule has 0 unspecified atom stereocenters. The first kappa shape index (κ1) is 20.1. The maximum absolute atomic E-state index is 11.5. The second-order valence-electron chi connectivity index (χ2n) is 8.72. The van der Waals surface area contributed by atoms with E-state index in [0.717, 1.165) is 16.9 Å². The van der Waals surface area contributed by atoms with Crippen LogP contribution in [0, 0.1) is 10.1 Å². The molecule has 0 bridgehead atoms. The molecule has 2 aliphatic rings. The first-order chi connectivity index (χ1) is 15.4. The molecule has 0 saturated heterocycles. The number of rotatable bonds is 4. The minimum Gasteiger partial charge on any atom is -0.462 e. The van der Waals surface area contributed by atoms with Gasteiger partial charge in [0.25, 0.3) is 5.69 Å². The number of hydrogen-bond acceptors (Lipinski definition) is 4. The third kappa shape index (κ3) is 2.71. The number of benzene rings is 3. The molecule has 3 aromatic carbocycles. The van der Waals surface area contributed by atoms with Crippen molar-refractivity contribution in [2.75, 3.05) is 4.90 Å². The molecule has 5 nitrogen and oxygen atoms in total. The van der Waals surface area contributed by atoms with Crippen molar-refractivity contribution in [1.29, 1.82) is 0 Å². The van der Waals surface area contributed by atoms with Gasteiger partial charge in [0.1, 0.15) is 5.75 Å². The fourth-order valence-corrected chi connectivity index (χ4v) is 4.96. The fraction of sp³-hybridized carbons (Fsp3) is 0.185. The first-order valence-electron chi connectivity index (χ1n) is 10.6. The molecule has 0 amide bonds. The molecular formula is C27H24N2O3. The van der Waals surface area contributed by atoms with Crippen molar-refractivity contribution in [1.82, 2.24) is 0 Å². The van der Waals surface area contributed by atoms with Crippen LogP contribution in [0.1, 0.15) is 30.5 Å². The molecule has 0 aliphatic carbocycles. The van der Waals surface area contributed by atoms with Crippen LogP contribution >= 0.6 is 0 Å². The minimum atomic E-state index is -0.836. The summed E-state index contributed by atoms with van der Waals surface area (Å²) in [5.41, 5.74) is 3.57. The normalized spacial score (nSPS) is 19.9. The van der Waals surface area contributed by atoms with Crippen molar-refractivity contribution in [3.05, 3.63) is 112 Å². The van der Waals surface area contributed by atoms with Crippen LogP contribution in [-0.4, -0.2) is 10.6 Å². The van der Waals surface area contributed by atoms with E-state index in [4.69, 9.17) is 4.74 Å². The van der Waals surface area contributed by atoms with Gasteiger partial charge in [0.2, 0.25) is 5.72 Å². The highest BCUT2D eigenvalue weighted by atomic mass is 16.6. The van der Waals surface area contributed by atoms with Gasteiger partial charge in [-0.2, -0.15) is 0 Å². The molecule has 1 atom stereocenters. The van der Waals surface area contributed by atoms with E-state index in [9.17, 15) is 10.1 Å². The summed E-state index contributed by atoms with van der Waals surface area (Å²) >= 11 is 0. The van der Waals surface area contributed by atoms with Crippen LogP contribution in [-0.2, 0) is 11.8 Å². The molecule has 1 spiro atoms. The number of non-ortho nitro benzene ring substituents is 1. The Morgan fingerprint density at radius 1 is 1.09 bits per heavy atom. The SMILES string of the molecule is C=CCc1cc([N+](=O)[O-])cc2c1O[C@]1(C=C2)N(c2ccccc2)c2ccccc2C1(C)C. The van der Waals surface area contributed by atoms with E-state index >= 15 is 0 Å². The predicted molar refractivity (Wildman–Crippen MR) is 127 cm³/mol. The number of anilines is 2. The summed E-state index contributed by atoms with van der Waals surface area (Å²) in [6, 6.07) is 21.7. The Bertz CT molecular complexity index is 1260. The topological polar surface area (TPSA) is 55.6 Å². The lowest BCUT2D eigenvalue weighted by molar-refractivity contribution is -0.385. The quantitative estimate of drug-likeness (QED) is 0.271. The van der Waals surface area contributed by atoms with Gasteiger partial charge >= 0.3 is 0 Å². The molecule has 160 valence electrons. The zero-order chi connectivity index (χ0) is 22.5. The molecule has 0 N–H and O–H groups in total. The molecule has 32 heavy (non-hydrogen) atoms. The average Bonchev–Trinajstić information content (AvgIpc) is 2.98. The number of para-hydroxylation sites is 2. The molecule has 3 aromatic rings. The summed E-state index contributed by atoms with van der Waals surface area (Å²) in [7, 11) is 0. The fourth-order valence-electron chi connectivity index (χ4n) is 4.96. The molecule has 5 heteroatoms. The lowest BCUT2D eigenvalue weighted by atomic mass is 9.76. The van der Waals surface area contributed by atoms with E-state index in [1.54, 1.807) is 18.2 Å². The summed E-state index contributed by atoms with van der Waals surface area (Å²) < 4.78 is 6.93. The van der Waals surface area contributed by atoms with Crippen molar-refractivity contribution in [2.45, 2.75) is 31.4 Å². The standard InChI is InChI=1S/C27H24N2O3/c1-4-10-19-17-22(29(30)31)18-20-15-16-27(32-25(19)20)26(2,3)23-13-8-9-14-24(23)28(27)21-11-6-5-7-12-21/h4-9,11-18H,1,10H2,2-3H3/t27-/m0/s1. The van der Waals surface area contributed by atoms with Crippen LogP contribution < -0.4 is 9.64 Å².